The van der Waals surface area contributed by atoms with Crippen LogP contribution in [0.2, 0.25) is 0 Å². The minimum Gasteiger partial charge on any atom is -0.496 e. The minimum atomic E-state index is -0.918. The molecule has 0 unspecified atom stereocenters. The summed E-state index contributed by atoms with van der Waals surface area (Å²) in [5, 5.41) is 9.92. The zero-order valence-electron chi connectivity index (χ0n) is 18.8. The van der Waals surface area contributed by atoms with Gasteiger partial charge in [0, 0.05) is 12.0 Å². The molecule has 0 atom stereocenters. The normalized spacial score (nSPS) is 15.8. The van der Waals surface area contributed by atoms with Gasteiger partial charge in [-0.05, 0) is 68.4 Å². The van der Waals surface area contributed by atoms with Crippen LogP contribution in [0.1, 0.15) is 78.4 Å². The van der Waals surface area contributed by atoms with E-state index in [1.165, 1.54) is 11.1 Å². The number of rotatable bonds is 9. The fourth-order valence-corrected chi connectivity index (χ4v) is 4.78. The van der Waals surface area contributed by atoms with E-state index in [-0.39, 0.29) is 12.2 Å². The molecule has 0 amide bonds. The number of benzene rings is 2. The average Bonchev–Trinajstić information content (AvgIpc) is 3.00. The zero-order valence-corrected chi connectivity index (χ0v) is 18.8. The van der Waals surface area contributed by atoms with Crippen molar-refractivity contribution in [2.24, 2.45) is 5.41 Å². The fourth-order valence-electron chi connectivity index (χ4n) is 4.78. The number of hydrogen-bond acceptors (Lipinski definition) is 3. The van der Waals surface area contributed by atoms with Gasteiger partial charge in [-0.1, -0.05) is 55.5 Å². The fraction of sp³-hybridized carbons (Fsp3) is 0.481. The molecule has 0 spiro atoms. The lowest BCUT2D eigenvalue weighted by Crippen LogP contribution is -2.33. The highest BCUT2D eigenvalue weighted by Gasteiger charge is 2.40. The molecule has 4 nitrogen and oxygen atoms in total. The van der Waals surface area contributed by atoms with Crippen LogP contribution in [-0.4, -0.2) is 24.0 Å². The largest absolute Gasteiger partial charge is 0.496 e. The molecule has 1 aliphatic rings. The van der Waals surface area contributed by atoms with Gasteiger partial charge in [0.2, 0.25) is 0 Å². The Morgan fingerprint density at radius 2 is 1.74 bits per heavy atom. The van der Waals surface area contributed by atoms with E-state index in [0.717, 1.165) is 56.3 Å². The van der Waals surface area contributed by atoms with Gasteiger partial charge in [0.25, 0.3) is 0 Å². The first kappa shape index (κ1) is 23.1. The maximum absolute atomic E-state index is 13.1. The Balaban J connectivity index is 1.72. The van der Waals surface area contributed by atoms with Gasteiger partial charge in [-0.3, -0.25) is 9.59 Å². The van der Waals surface area contributed by atoms with Crippen molar-refractivity contribution in [1.29, 1.82) is 0 Å². The third-order valence-corrected chi connectivity index (χ3v) is 6.61. The highest BCUT2D eigenvalue weighted by atomic mass is 16.5. The lowest BCUT2D eigenvalue weighted by Gasteiger charge is -2.27. The molecule has 0 heterocycles. The zero-order chi connectivity index (χ0) is 22.3. The Morgan fingerprint density at radius 3 is 2.39 bits per heavy atom. The monoisotopic (exact) mass is 422 g/mol. The van der Waals surface area contributed by atoms with Gasteiger partial charge in [-0.2, -0.15) is 0 Å². The van der Waals surface area contributed by atoms with Crippen molar-refractivity contribution < 1.29 is 19.4 Å². The number of hydrogen-bond donors (Lipinski definition) is 1. The van der Waals surface area contributed by atoms with E-state index in [2.05, 4.69) is 31.2 Å². The summed E-state index contributed by atoms with van der Waals surface area (Å²) >= 11 is 0. The molecule has 2 aromatic rings. The molecular weight excluding hydrogens is 388 g/mol. The molecule has 1 aliphatic carbocycles. The summed E-state index contributed by atoms with van der Waals surface area (Å²) in [7, 11) is 1.64. The summed E-state index contributed by atoms with van der Waals surface area (Å²) < 4.78 is 5.52. The Morgan fingerprint density at radius 1 is 1.00 bits per heavy atom. The van der Waals surface area contributed by atoms with E-state index < -0.39 is 11.4 Å². The Bertz CT molecular complexity index is 907. The molecule has 0 saturated heterocycles. The first-order valence-electron chi connectivity index (χ1n) is 11.4. The Kier molecular flexibility index (Phi) is 7.89. The molecule has 166 valence electrons. The first-order valence-corrected chi connectivity index (χ1v) is 11.4. The smallest absolute Gasteiger partial charge is 0.310 e. The molecule has 0 aliphatic heterocycles. The van der Waals surface area contributed by atoms with Gasteiger partial charge in [-0.25, -0.2) is 0 Å². The number of methoxy groups -OCH3 is 1. The van der Waals surface area contributed by atoms with Crippen LogP contribution in [0, 0.1) is 12.3 Å². The predicted octanol–water partition coefficient (Wildman–Crippen LogP) is 6.18. The molecule has 0 bridgehead atoms. The van der Waals surface area contributed by atoms with E-state index in [1.54, 1.807) is 13.2 Å². The van der Waals surface area contributed by atoms with Gasteiger partial charge >= 0.3 is 5.97 Å². The molecule has 0 radical (unpaired) electrons. The predicted molar refractivity (Wildman–Crippen MR) is 123 cm³/mol. The van der Waals surface area contributed by atoms with Crippen molar-refractivity contribution in [3.63, 3.8) is 0 Å². The van der Waals surface area contributed by atoms with Crippen LogP contribution < -0.4 is 4.74 Å². The van der Waals surface area contributed by atoms with Gasteiger partial charge in [0.1, 0.15) is 5.75 Å². The maximum Gasteiger partial charge on any atom is 0.310 e. The molecule has 1 saturated carbocycles. The van der Waals surface area contributed by atoms with Gasteiger partial charge < -0.3 is 9.84 Å². The number of carbonyl (C=O) groups excluding carboxylic acids is 1. The van der Waals surface area contributed by atoms with Gasteiger partial charge in [0.05, 0.1) is 12.5 Å². The maximum atomic E-state index is 13.1. The number of carboxylic acid groups (broad SMARTS) is 1. The lowest BCUT2D eigenvalue weighted by atomic mass is 9.75. The second-order valence-corrected chi connectivity index (χ2v) is 8.97. The number of ketones is 1. The van der Waals surface area contributed by atoms with Crippen molar-refractivity contribution in [2.75, 3.05) is 7.11 Å². The van der Waals surface area contributed by atoms with Crippen molar-refractivity contribution in [3.8, 4) is 5.75 Å². The van der Waals surface area contributed by atoms with Crippen LogP contribution in [0.3, 0.4) is 0 Å². The van der Waals surface area contributed by atoms with E-state index >= 15 is 0 Å². The number of aryl methyl sites for hydroxylation is 3. The van der Waals surface area contributed by atoms with Crippen LogP contribution in [-0.2, 0) is 17.6 Å². The number of Topliss-reactive ketones (excluding diaryl/α,β-unsaturated/α-hetero) is 1. The van der Waals surface area contributed by atoms with Crippen LogP contribution in [0.25, 0.3) is 0 Å². The van der Waals surface area contributed by atoms with Crippen molar-refractivity contribution in [1.82, 2.24) is 0 Å². The Labute approximate surface area is 185 Å². The minimum absolute atomic E-state index is 0.0770. The summed E-state index contributed by atoms with van der Waals surface area (Å²) in [6.45, 7) is 2.10. The number of carbonyl (C=O) groups is 2. The summed E-state index contributed by atoms with van der Waals surface area (Å²) in [5.41, 5.74) is 3.25. The van der Waals surface area contributed by atoms with E-state index in [1.807, 2.05) is 12.1 Å². The second kappa shape index (κ2) is 10.6. The molecule has 1 N–H and O–H groups in total. The Hall–Kier alpha value is -2.62. The van der Waals surface area contributed by atoms with E-state index in [9.17, 15) is 14.7 Å². The molecule has 2 aromatic carbocycles. The topological polar surface area (TPSA) is 63.6 Å². The second-order valence-electron chi connectivity index (χ2n) is 8.97. The molecule has 31 heavy (non-hydrogen) atoms. The molecule has 0 aromatic heterocycles. The SMILES string of the molecule is COc1ccc(C(=O)CC2(C(=O)O)CCCCCC2)cc1CCCc1cccc(C)c1. The van der Waals surface area contributed by atoms with Crippen molar-refractivity contribution >= 4 is 11.8 Å². The van der Waals surface area contributed by atoms with Crippen LogP contribution >= 0.6 is 0 Å². The summed E-state index contributed by atoms with van der Waals surface area (Å²) in [5.74, 6) is -0.121. The number of ether oxygens (including phenoxy) is 1. The molecule has 1 fully saturated rings. The molecule has 4 heteroatoms. The van der Waals surface area contributed by atoms with Gasteiger partial charge in [0.15, 0.2) is 5.78 Å². The summed E-state index contributed by atoms with van der Waals surface area (Å²) in [6, 6.07) is 14.0. The average molecular weight is 423 g/mol. The highest BCUT2D eigenvalue weighted by Crippen LogP contribution is 2.39. The van der Waals surface area contributed by atoms with E-state index in [0.29, 0.717) is 18.4 Å². The summed E-state index contributed by atoms with van der Waals surface area (Å²) in [6.07, 6.45) is 7.86. The molecular formula is C27H34O4. The first-order chi connectivity index (χ1) is 14.9. The number of carboxylic acids is 1. The van der Waals surface area contributed by atoms with Crippen LogP contribution in [0.4, 0.5) is 0 Å². The molecule has 3 rings (SSSR count). The highest BCUT2D eigenvalue weighted by molar-refractivity contribution is 5.99. The van der Waals surface area contributed by atoms with Crippen molar-refractivity contribution in [2.45, 2.75) is 71.1 Å². The third-order valence-electron chi connectivity index (χ3n) is 6.61. The van der Waals surface area contributed by atoms with E-state index in [4.69, 9.17) is 4.74 Å². The third kappa shape index (κ3) is 5.96. The summed E-state index contributed by atoms with van der Waals surface area (Å²) in [4.78, 5) is 25.2. The van der Waals surface area contributed by atoms with Gasteiger partial charge in [-0.15, -0.1) is 0 Å². The lowest BCUT2D eigenvalue weighted by molar-refractivity contribution is -0.149. The standard InChI is InChI=1S/C27H34O4/c1-20-9-7-10-21(17-20)11-8-12-23-18-22(13-14-25(23)31-2)24(28)19-27(26(29)30)15-5-3-4-6-16-27/h7,9-10,13-14,17-18H,3-6,8,11-12,15-16,19H2,1-2H3,(H,29,30). The van der Waals surface area contributed by atoms with Crippen LogP contribution in [0.15, 0.2) is 42.5 Å². The number of aliphatic carboxylic acids is 1. The quantitative estimate of drug-likeness (QED) is 0.387. The van der Waals surface area contributed by atoms with Crippen molar-refractivity contribution in [3.05, 3.63) is 64.7 Å². The van der Waals surface area contributed by atoms with Crippen LogP contribution in [0.5, 0.6) is 5.75 Å².